The summed E-state index contributed by atoms with van der Waals surface area (Å²) in [6.07, 6.45) is 2.79. The molecule has 5 nitrogen and oxygen atoms in total. The summed E-state index contributed by atoms with van der Waals surface area (Å²) in [6, 6.07) is 7.60. The maximum Gasteiger partial charge on any atom is 0.253 e. The van der Waals surface area contributed by atoms with Crippen LogP contribution < -0.4 is 0 Å². The lowest BCUT2D eigenvalue weighted by Gasteiger charge is -2.16. The third kappa shape index (κ3) is 2.52. The van der Waals surface area contributed by atoms with Crippen molar-refractivity contribution in [3.05, 3.63) is 53.3 Å². The lowest BCUT2D eigenvalue weighted by molar-refractivity contribution is 0.0790. The normalized spacial score (nSPS) is 18.0. The van der Waals surface area contributed by atoms with Crippen LogP contribution >= 0.6 is 0 Å². The summed E-state index contributed by atoms with van der Waals surface area (Å²) in [5.41, 5.74) is 2.60. The molecule has 5 heteroatoms. The Labute approximate surface area is 134 Å². The summed E-state index contributed by atoms with van der Waals surface area (Å²) in [5.74, 6) is 2.22. The van der Waals surface area contributed by atoms with Gasteiger partial charge in [-0.3, -0.25) is 4.79 Å². The highest BCUT2D eigenvalue weighted by molar-refractivity contribution is 5.98. The van der Waals surface area contributed by atoms with Crippen LogP contribution in [0.15, 0.2) is 34.9 Å². The van der Waals surface area contributed by atoms with Gasteiger partial charge in [-0.05, 0) is 44.5 Å². The van der Waals surface area contributed by atoms with Crippen LogP contribution in [0.3, 0.4) is 0 Å². The largest absolute Gasteiger partial charge is 0.461 e. The van der Waals surface area contributed by atoms with Crippen molar-refractivity contribution in [2.24, 2.45) is 0 Å². The lowest BCUT2D eigenvalue weighted by atomic mass is 10.1. The maximum absolute atomic E-state index is 12.7. The van der Waals surface area contributed by atoms with E-state index in [1.54, 1.807) is 0 Å². The minimum Gasteiger partial charge on any atom is -0.461 e. The minimum atomic E-state index is 0.0801. The van der Waals surface area contributed by atoms with E-state index >= 15 is 0 Å². The van der Waals surface area contributed by atoms with Gasteiger partial charge in [0.15, 0.2) is 0 Å². The number of aromatic nitrogens is 2. The number of hydrogen-bond acceptors (Lipinski definition) is 3. The van der Waals surface area contributed by atoms with Gasteiger partial charge in [-0.25, -0.2) is 4.98 Å². The average Bonchev–Trinajstić information content (AvgIpc) is 3.23. The van der Waals surface area contributed by atoms with Gasteiger partial charge in [-0.15, -0.1) is 0 Å². The molecule has 1 aliphatic heterocycles. The van der Waals surface area contributed by atoms with E-state index in [1.807, 2.05) is 49.2 Å². The van der Waals surface area contributed by atoms with E-state index < -0.39 is 0 Å². The fourth-order valence-corrected chi connectivity index (χ4v) is 3.30. The predicted molar refractivity (Wildman–Crippen MR) is 87.5 cm³/mol. The summed E-state index contributed by atoms with van der Waals surface area (Å²) < 4.78 is 5.57. The number of aryl methyl sites for hydroxylation is 2. The van der Waals surface area contributed by atoms with E-state index in [0.717, 1.165) is 46.8 Å². The fraction of sp³-hybridized carbons (Fsp3) is 0.333. The van der Waals surface area contributed by atoms with Gasteiger partial charge in [-0.2, -0.15) is 0 Å². The first-order chi connectivity index (χ1) is 11.1. The van der Waals surface area contributed by atoms with Crippen LogP contribution in [0, 0.1) is 13.8 Å². The van der Waals surface area contributed by atoms with E-state index in [2.05, 4.69) is 9.97 Å². The number of nitrogens with one attached hydrogen (secondary N) is 1. The second kappa shape index (κ2) is 5.26. The average molecular weight is 309 g/mol. The monoisotopic (exact) mass is 309 g/mol. The number of nitrogens with zero attached hydrogens (tertiary/aromatic N) is 2. The zero-order valence-electron chi connectivity index (χ0n) is 13.3. The van der Waals surface area contributed by atoms with Gasteiger partial charge in [0.2, 0.25) is 0 Å². The highest BCUT2D eigenvalue weighted by Gasteiger charge is 2.29. The predicted octanol–water partition coefficient (Wildman–Crippen LogP) is 3.40. The van der Waals surface area contributed by atoms with Crippen molar-refractivity contribution < 1.29 is 9.21 Å². The molecule has 1 amide bonds. The minimum absolute atomic E-state index is 0.0801. The quantitative estimate of drug-likeness (QED) is 0.789. The van der Waals surface area contributed by atoms with Crippen molar-refractivity contribution in [1.29, 1.82) is 0 Å². The molecule has 0 bridgehead atoms. The van der Waals surface area contributed by atoms with Gasteiger partial charge in [0.25, 0.3) is 5.91 Å². The van der Waals surface area contributed by atoms with Crippen LogP contribution in [-0.2, 0) is 0 Å². The van der Waals surface area contributed by atoms with Crippen molar-refractivity contribution in [2.45, 2.75) is 26.2 Å². The Bertz CT molecular complexity index is 877. The summed E-state index contributed by atoms with van der Waals surface area (Å²) >= 11 is 0. The first kappa shape index (κ1) is 14.1. The molecule has 2 aromatic heterocycles. The summed E-state index contributed by atoms with van der Waals surface area (Å²) in [5, 5.41) is 0.978. The second-order valence-corrected chi connectivity index (χ2v) is 6.30. The van der Waals surface area contributed by atoms with Crippen LogP contribution in [0.4, 0.5) is 0 Å². The van der Waals surface area contributed by atoms with Crippen molar-refractivity contribution in [1.82, 2.24) is 14.9 Å². The third-order valence-electron chi connectivity index (χ3n) is 4.47. The lowest BCUT2D eigenvalue weighted by Crippen LogP contribution is -2.28. The summed E-state index contributed by atoms with van der Waals surface area (Å²) in [6.45, 7) is 5.40. The van der Waals surface area contributed by atoms with Crippen molar-refractivity contribution in [3.8, 4) is 0 Å². The van der Waals surface area contributed by atoms with E-state index in [0.29, 0.717) is 12.5 Å². The van der Waals surface area contributed by atoms with Gasteiger partial charge in [0, 0.05) is 41.8 Å². The molecule has 0 radical (unpaired) electrons. The zero-order chi connectivity index (χ0) is 16.0. The highest BCUT2D eigenvalue weighted by atomic mass is 16.3. The number of carbonyl (C=O) groups is 1. The second-order valence-electron chi connectivity index (χ2n) is 6.30. The Morgan fingerprint density at radius 2 is 2.22 bits per heavy atom. The topological polar surface area (TPSA) is 62.1 Å². The molecule has 0 spiro atoms. The molecule has 1 fully saturated rings. The Morgan fingerprint density at radius 1 is 1.35 bits per heavy atom. The van der Waals surface area contributed by atoms with Gasteiger partial charge in [-0.1, -0.05) is 0 Å². The molecule has 0 saturated carbocycles. The Hall–Kier alpha value is -2.56. The molecule has 23 heavy (non-hydrogen) atoms. The molecule has 118 valence electrons. The number of carbonyl (C=O) groups excluding carboxylic acids is 1. The number of fused-ring (bicyclic) bond motifs is 1. The van der Waals surface area contributed by atoms with Crippen molar-refractivity contribution >= 4 is 16.9 Å². The number of furan rings is 1. The van der Waals surface area contributed by atoms with Gasteiger partial charge >= 0.3 is 0 Å². The summed E-state index contributed by atoms with van der Waals surface area (Å²) in [7, 11) is 0. The maximum atomic E-state index is 12.7. The molecule has 0 unspecified atom stereocenters. The van der Waals surface area contributed by atoms with Gasteiger partial charge in [0.1, 0.15) is 17.2 Å². The molecule has 1 atom stereocenters. The first-order valence-electron chi connectivity index (χ1n) is 7.91. The highest BCUT2D eigenvalue weighted by Crippen LogP contribution is 2.27. The smallest absolute Gasteiger partial charge is 0.253 e. The molecular weight excluding hydrogens is 290 g/mol. The van der Waals surface area contributed by atoms with Crippen LogP contribution in [0.5, 0.6) is 0 Å². The van der Waals surface area contributed by atoms with Crippen LogP contribution in [0.25, 0.3) is 11.0 Å². The number of aromatic amines is 1. The zero-order valence-corrected chi connectivity index (χ0v) is 13.3. The Morgan fingerprint density at radius 3 is 3.00 bits per heavy atom. The van der Waals surface area contributed by atoms with Crippen molar-refractivity contribution in [3.63, 3.8) is 0 Å². The molecule has 0 aliphatic carbocycles. The fourth-order valence-electron chi connectivity index (χ4n) is 3.30. The number of rotatable bonds is 2. The van der Waals surface area contributed by atoms with Gasteiger partial charge in [0.05, 0.1) is 0 Å². The molecule has 3 heterocycles. The van der Waals surface area contributed by atoms with E-state index in [9.17, 15) is 4.79 Å². The number of hydrogen-bond donors (Lipinski definition) is 1. The molecule has 1 N–H and O–H groups in total. The Kier molecular flexibility index (Phi) is 3.22. The van der Waals surface area contributed by atoms with Crippen LogP contribution in [-0.4, -0.2) is 33.9 Å². The van der Waals surface area contributed by atoms with Gasteiger partial charge < -0.3 is 14.3 Å². The third-order valence-corrected chi connectivity index (χ3v) is 4.47. The summed E-state index contributed by atoms with van der Waals surface area (Å²) in [4.78, 5) is 22.3. The number of likely N-dealkylation sites (tertiary alicyclic amines) is 1. The Balaban J connectivity index is 1.54. The van der Waals surface area contributed by atoms with Crippen LogP contribution in [0.1, 0.15) is 40.0 Å². The number of amides is 1. The van der Waals surface area contributed by atoms with E-state index in [1.165, 1.54) is 0 Å². The van der Waals surface area contributed by atoms with Crippen molar-refractivity contribution in [2.75, 3.05) is 13.1 Å². The molecule has 1 saturated heterocycles. The molecule has 3 aromatic rings. The SMILES string of the molecule is Cc1cnc([C@H]2CCN(C(=O)c3ccc4oc(C)cc4c3)C2)[nH]1. The standard InChI is InChI=1S/C18H19N3O2/c1-11-9-19-17(20-11)14-5-6-21(10-14)18(22)13-3-4-16-15(8-13)7-12(2)23-16/h3-4,7-9,14H,5-6,10H2,1-2H3,(H,19,20)/t14-/m0/s1. The van der Waals surface area contributed by atoms with E-state index in [-0.39, 0.29) is 5.91 Å². The molecule has 4 rings (SSSR count). The number of H-pyrrole nitrogens is 1. The molecular formula is C18H19N3O2. The van der Waals surface area contributed by atoms with Crippen LogP contribution in [0.2, 0.25) is 0 Å². The van der Waals surface area contributed by atoms with E-state index in [4.69, 9.17) is 4.42 Å². The molecule has 1 aliphatic rings. The molecule has 1 aromatic carbocycles. The number of imidazole rings is 1. The first-order valence-corrected chi connectivity index (χ1v) is 7.91. The number of benzene rings is 1.